The van der Waals surface area contributed by atoms with Gasteiger partial charge in [-0.2, -0.15) is 0 Å². The molecule has 5 heteroatoms. The Hall–Kier alpha value is -2.01. The fourth-order valence-corrected chi connectivity index (χ4v) is 4.01. The number of aromatic nitrogens is 3. The third kappa shape index (κ3) is 3.38. The summed E-state index contributed by atoms with van der Waals surface area (Å²) < 4.78 is 5.90. The highest BCUT2D eigenvalue weighted by Gasteiger charge is 2.30. The van der Waals surface area contributed by atoms with Gasteiger partial charge >= 0.3 is 0 Å². The monoisotopic (exact) mass is 338 g/mol. The third-order valence-electron chi connectivity index (χ3n) is 5.63. The number of anilines is 1. The fourth-order valence-electron chi connectivity index (χ4n) is 4.01. The van der Waals surface area contributed by atoms with Gasteiger partial charge in [0.15, 0.2) is 5.82 Å². The molecule has 2 aliphatic heterocycles. The lowest BCUT2D eigenvalue weighted by molar-refractivity contribution is 0.0531. The van der Waals surface area contributed by atoms with E-state index in [0.717, 1.165) is 42.6 Å². The van der Waals surface area contributed by atoms with Crippen LogP contribution in [0, 0.1) is 19.8 Å². The summed E-state index contributed by atoms with van der Waals surface area (Å²) in [6.07, 6.45) is 8.92. The molecular formula is C20H26N4O. The molecule has 132 valence electrons. The van der Waals surface area contributed by atoms with E-state index in [4.69, 9.17) is 14.7 Å². The van der Waals surface area contributed by atoms with Crippen molar-refractivity contribution >= 4 is 5.82 Å². The molecule has 25 heavy (non-hydrogen) atoms. The minimum atomic E-state index is 0.489. The normalized spacial score (nSPS) is 21.7. The second-order valence-corrected chi connectivity index (χ2v) is 7.19. The molecular weight excluding hydrogens is 312 g/mol. The van der Waals surface area contributed by atoms with Crippen LogP contribution in [0.4, 0.5) is 5.82 Å². The Balaban J connectivity index is 1.55. The average Bonchev–Trinajstić information content (AvgIpc) is 3.19. The summed E-state index contributed by atoms with van der Waals surface area (Å²) in [5, 5.41) is 0. The van der Waals surface area contributed by atoms with Crippen molar-refractivity contribution in [3.8, 4) is 11.4 Å². The van der Waals surface area contributed by atoms with E-state index in [2.05, 4.69) is 23.7 Å². The molecule has 5 nitrogen and oxygen atoms in total. The third-order valence-corrected chi connectivity index (χ3v) is 5.63. The number of piperidine rings is 1. The van der Waals surface area contributed by atoms with E-state index in [1.54, 1.807) is 12.4 Å². The van der Waals surface area contributed by atoms with Crippen LogP contribution in [0.5, 0.6) is 0 Å². The molecule has 2 fully saturated rings. The van der Waals surface area contributed by atoms with Crippen molar-refractivity contribution in [1.29, 1.82) is 0 Å². The summed E-state index contributed by atoms with van der Waals surface area (Å²) in [7, 11) is 0. The molecule has 0 amide bonds. The molecule has 2 aliphatic rings. The van der Waals surface area contributed by atoms with E-state index in [1.165, 1.54) is 31.2 Å². The van der Waals surface area contributed by atoms with Gasteiger partial charge < -0.3 is 9.64 Å². The lowest BCUT2D eigenvalue weighted by Gasteiger charge is -2.36. The largest absolute Gasteiger partial charge is 0.378 e. The van der Waals surface area contributed by atoms with Gasteiger partial charge in [-0.15, -0.1) is 0 Å². The molecule has 0 N–H and O–H groups in total. The Morgan fingerprint density at radius 1 is 1.04 bits per heavy atom. The van der Waals surface area contributed by atoms with Crippen LogP contribution in [-0.2, 0) is 4.74 Å². The van der Waals surface area contributed by atoms with Gasteiger partial charge in [0.1, 0.15) is 5.82 Å². The predicted octanol–water partition coefficient (Wildman–Crippen LogP) is 3.55. The number of rotatable bonds is 3. The smallest absolute Gasteiger partial charge is 0.161 e. The van der Waals surface area contributed by atoms with Crippen LogP contribution in [-0.4, -0.2) is 40.8 Å². The van der Waals surface area contributed by atoms with Crippen molar-refractivity contribution in [2.75, 3.05) is 24.6 Å². The summed E-state index contributed by atoms with van der Waals surface area (Å²) in [6, 6.07) is 3.94. The summed E-state index contributed by atoms with van der Waals surface area (Å²) in [5.41, 5.74) is 3.26. The second kappa shape index (κ2) is 7.08. The zero-order valence-electron chi connectivity index (χ0n) is 15.1. The molecule has 1 unspecified atom stereocenters. The minimum absolute atomic E-state index is 0.489. The quantitative estimate of drug-likeness (QED) is 0.856. The highest BCUT2D eigenvalue weighted by Crippen LogP contribution is 2.32. The van der Waals surface area contributed by atoms with Gasteiger partial charge in [0.25, 0.3) is 0 Å². The number of aryl methyl sites for hydroxylation is 1. The minimum Gasteiger partial charge on any atom is -0.378 e. The van der Waals surface area contributed by atoms with Crippen LogP contribution >= 0.6 is 0 Å². The molecule has 2 aromatic heterocycles. The fraction of sp³-hybridized carbons (Fsp3) is 0.550. The molecule has 1 atom stereocenters. The van der Waals surface area contributed by atoms with E-state index < -0.39 is 0 Å². The van der Waals surface area contributed by atoms with Crippen LogP contribution in [0.3, 0.4) is 0 Å². The van der Waals surface area contributed by atoms with Crippen LogP contribution in [0.15, 0.2) is 24.5 Å². The summed E-state index contributed by atoms with van der Waals surface area (Å²) in [5.74, 6) is 2.59. The Morgan fingerprint density at radius 2 is 1.80 bits per heavy atom. The van der Waals surface area contributed by atoms with E-state index in [0.29, 0.717) is 12.0 Å². The second-order valence-electron chi connectivity index (χ2n) is 7.19. The summed E-state index contributed by atoms with van der Waals surface area (Å²) in [6.45, 7) is 7.26. The van der Waals surface area contributed by atoms with Gasteiger partial charge in [-0.1, -0.05) is 0 Å². The predicted molar refractivity (Wildman–Crippen MR) is 98.6 cm³/mol. The first-order chi connectivity index (χ1) is 12.2. The van der Waals surface area contributed by atoms with Gasteiger partial charge in [-0.3, -0.25) is 4.98 Å². The van der Waals surface area contributed by atoms with E-state index in [9.17, 15) is 0 Å². The van der Waals surface area contributed by atoms with Crippen LogP contribution < -0.4 is 4.90 Å². The Bertz CT molecular complexity index is 720. The van der Waals surface area contributed by atoms with Gasteiger partial charge in [0, 0.05) is 48.9 Å². The van der Waals surface area contributed by atoms with Crippen molar-refractivity contribution in [2.24, 2.45) is 5.92 Å². The Morgan fingerprint density at radius 3 is 2.48 bits per heavy atom. The van der Waals surface area contributed by atoms with E-state index in [1.807, 2.05) is 12.1 Å². The van der Waals surface area contributed by atoms with Gasteiger partial charge in [-0.25, -0.2) is 9.97 Å². The molecule has 0 aliphatic carbocycles. The zero-order chi connectivity index (χ0) is 17.2. The number of ether oxygens (including phenoxy) is 1. The molecule has 0 spiro atoms. The highest BCUT2D eigenvalue weighted by atomic mass is 16.5. The zero-order valence-corrected chi connectivity index (χ0v) is 15.1. The standard InChI is InChI=1S/C20H26N4O/c1-14-15(2)22-19(17-5-9-21-10-6-17)23-20(14)24-11-7-16(8-12-24)18-4-3-13-25-18/h5-6,9-10,16,18H,3-4,7-8,11-13H2,1-2H3. The van der Waals surface area contributed by atoms with Crippen LogP contribution in [0.1, 0.15) is 36.9 Å². The molecule has 4 heterocycles. The van der Waals surface area contributed by atoms with Gasteiger partial charge in [0.2, 0.25) is 0 Å². The first-order valence-electron chi connectivity index (χ1n) is 9.34. The lowest BCUT2D eigenvalue weighted by atomic mass is 9.89. The summed E-state index contributed by atoms with van der Waals surface area (Å²) >= 11 is 0. The van der Waals surface area contributed by atoms with Crippen molar-refractivity contribution in [2.45, 2.75) is 45.6 Å². The average molecular weight is 338 g/mol. The first-order valence-corrected chi connectivity index (χ1v) is 9.34. The van der Waals surface area contributed by atoms with E-state index in [-0.39, 0.29) is 0 Å². The lowest BCUT2D eigenvalue weighted by Crippen LogP contribution is -2.38. The van der Waals surface area contributed by atoms with Gasteiger partial charge in [0.05, 0.1) is 6.10 Å². The molecule has 0 radical (unpaired) electrons. The number of nitrogens with zero attached hydrogens (tertiary/aromatic N) is 4. The van der Waals surface area contributed by atoms with Crippen LogP contribution in [0.2, 0.25) is 0 Å². The number of hydrogen-bond donors (Lipinski definition) is 0. The molecule has 2 aromatic rings. The highest BCUT2D eigenvalue weighted by molar-refractivity contribution is 5.60. The molecule has 0 bridgehead atoms. The maximum Gasteiger partial charge on any atom is 0.161 e. The topological polar surface area (TPSA) is 51.1 Å². The SMILES string of the molecule is Cc1nc(-c2ccncc2)nc(N2CCC(C3CCCO3)CC2)c1C. The van der Waals surface area contributed by atoms with Crippen molar-refractivity contribution in [3.05, 3.63) is 35.8 Å². The van der Waals surface area contributed by atoms with E-state index >= 15 is 0 Å². The molecule has 0 aromatic carbocycles. The van der Waals surface area contributed by atoms with Crippen molar-refractivity contribution in [3.63, 3.8) is 0 Å². The number of hydrogen-bond acceptors (Lipinski definition) is 5. The molecule has 0 saturated carbocycles. The summed E-state index contributed by atoms with van der Waals surface area (Å²) in [4.78, 5) is 16.1. The van der Waals surface area contributed by atoms with Crippen LogP contribution in [0.25, 0.3) is 11.4 Å². The van der Waals surface area contributed by atoms with Crippen molar-refractivity contribution in [1.82, 2.24) is 15.0 Å². The maximum absolute atomic E-state index is 5.90. The molecule has 4 rings (SSSR count). The van der Waals surface area contributed by atoms with Gasteiger partial charge in [-0.05, 0) is 57.6 Å². The Labute approximate surface area is 149 Å². The Kier molecular flexibility index (Phi) is 4.66. The maximum atomic E-state index is 5.90. The van der Waals surface area contributed by atoms with Crippen molar-refractivity contribution < 1.29 is 4.74 Å². The first kappa shape index (κ1) is 16.5. The number of pyridine rings is 1. The molecule has 2 saturated heterocycles.